The van der Waals surface area contributed by atoms with E-state index in [0.29, 0.717) is 156 Å². The summed E-state index contributed by atoms with van der Waals surface area (Å²) in [7, 11) is 10.4. The van der Waals surface area contributed by atoms with Crippen LogP contribution in [-0.4, -0.2) is 212 Å². The van der Waals surface area contributed by atoms with Crippen LogP contribution >= 0.6 is 22.7 Å². The lowest BCUT2D eigenvalue weighted by molar-refractivity contribution is -0.136. The van der Waals surface area contributed by atoms with Crippen LogP contribution in [-0.2, 0) is 78.4 Å². The van der Waals surface area contributed by atoms with Crippen LogP contribution in [0.5, 0.6) is 0 Å². The van der Waals surface area contributed by atoms with E-state index in [2.05, 4.69) is 40.1 Å². The maximum absolute atomic E-state index is 15.7. The summed E-state index contributed by atoms with van der Waals surface area (Å²) in [6.45, 7) is 17.5. The van der Waals surface area contributed by atoms with Crippen molar-refractivity contribution in [3.63, 3.8) is 0 Å². The van der Waals surface area contributed by atoms with Gasteiger partial charge in [-0.25, -0.2) is 75.0 Å². The van der Waals surface area contributed by atoms with Crippen molar-refractivity contribution in [2.75, 3.05) is 81.0 Å². The van der Waals surface area contributed by atoms with Gasteiger partial charge in [-0.2, -0.15) is 10.2 Å². The Labute approximate surface area is 841 Å². The van der Waals surface area contributed by atoms with Gasteiger partial charge in [0.15, 0.2) is 0 Å². The van der Waals surface area contributed by atoms with Gasteiger partial charge in [-0.15, -0.1) is 22.7 Å². The van der Waals surface area contributed by atoms with Crippen molar-refractivity contribution in [1.29, 1.82) is 0 Å². The minimum atomic E-state index is -2.84. The van der Waals surface area contributed by atoms with E-state index in [1.807, 2.05) is 84.3 Å². The van der Waals surface area contributed by atoms with Gasteiger partial charge in [0.25, 0.3) is 12.9 Å². The standard InChI is InChI=1S/2C27H27F3N6O2.2C26H26FN5O2S/c2*1-14-27(37)34(2)13-21-24(33-26(36(14)21)15-6-8-38-9-7-15)22-17-10-18(25(29)30)23(16-11-31-35(3)12-16)32-20(17)5-4-19(22)28;2*1-14-26(33)31(3)13-21-24(30-25(32(14)21)16-6-8-34-9-7-16)23-18-11-29-20(22-12-28-15(2)35-22)10-17(18)4-5-19(23)27/h2*4-5,10-12,14-15,25H,6-9,13H2,1-3H3;2*4-5,10-12,14,16H,6-9,13H2,1-3H3/t4*14-/m1010/s1. The molecule has 0 radical (unpaired) electrons. The molecule has 0 saturated carbocycles. The summed E-state index contributed by atoms with van der Waals surface area (Å²) in [5.74, 6) is 1.67. The van der Waals surface area contributed by atoms with Gasteiger partial charge in [0.05, 0.1) is 138 Å². The molecule has 20 heterocycles. The second kappa shape index (κ2) is 39.9. The Balaban J connectivity index is 0.000000114. The van der Waals surface area contributed by atoms with Crippen molar-refractivity contribution >= 4 is 89.7 Å². The Morgan fingerprint density at radius 3 is 0.884 bits per heavy atom. The Hall–Kier alpha value is -13.8. The largest absolute Gasteiger partial charge is 0.381 e. The highest BCUT2D eigenvalue weighted by Crippen LogP contribution is 2.50. The molecule has 146 heavy (non-hydrogen) atoms. The first-order chi connectivity index (χ1) is 70.3. The number of hydrogen-bond acceptors (Lipinski definition) is 22. The lowest BCUT2D eigenvalue weighted by Crippen LogP contribution is -2.40. The van der Waals surface area contributed by atoms with E-state index in [9.17, 15) is 36.7 Å². The number of ether oxygens (including phenoxy) is 4. The van der Waals surface area contributed by atoms with E-state index in [1.54, 1.807) is 121 Å². The first kappa shape index (κ1) is 98.2. The molecule has 4 aromatic carbocycles. The topological polar surface area (TPSA) is 302 Å². The molecule has 4 amide bonds. The molecule has 0 N–H and O–H groups in total. The van der Waals surface area contributed by atoms with E-state index in [1.165, 1.54) is 70.3 Å². The highest BCUT2D eigenvalue weighted by Gasteiger charge is 2.44. The van der Waals surface area contributed by atoms with Crippen molar-refractivity contribution in [3.05, 3.63) is 213 Å². The fraction of sp³-hybridized carbons (Fsp3) is 0.396. The minimum Gasteiger partial charge on any atom is -0.381 e. The Morgan fingerprint density at radius 1 is 0.342 bits per heavy atom. The third-order valence-corrected chi connectivity index (χ3v) is 31.2. The normalized spacial score (nSPS) is 18.7. The number of nitrogens with zero attached hydrogens (tertiary/aromatic N) is 22. The number of amides is 4. The third kappa shape index (κ3) is 17.9. The van der Waals surface area contributed by atoms with E-state index in [4.69, 9.17) is 38.9 Å². The third-order valence-electron chi connectivity index (χ3n) is 29.3. The number of aryl methyl sites for hydroxylation is 4. The predicted octanol–water partition coefficient (Wildman–Crippen LogP) is 20.2. The molecule has 40 heteroatoms. The van der Waals surface area contributed by atoms with Gasteiger partial charge < -0.3 is 56.8 Å². The van der Waals surface area contributed by atoms with Crippen molar-refractivity contribution in [3.8, 4) is 88.7 Å². The fourth-order valence-electron chi connectivity index (χ4n) is 21.9. The maximum Gasteiger partial charge on any atom is 0.265 e. The van der Waals surface area contributed by atoms with E-state index in [-0.39, 0.29) is 129 Å². The van der Waals surface area contributed by atoms with Crippen LogP contribution in [0.15, 0.2) is 122 Å². The molecule has 4 saturated heterocycles. The maximum atomic E-state index is 15.7. The van der Waals surface area contributed by atoms with E-state index < -0.39 is 36.6 Å². The van der Waals surface area contributed by atoms with Gasteiger partial charge in [0.1, 0.15) is 70.7 Å². The van der Waals surface area contributed by atoms with Gasteiger partial charge in [0.2, 0.25) is 23.6 Å². The van der Waals surface area contributed by atoms with Crippen molar-refractivity contribution < 1.29 is 73.2 Å². The molecule has 0 unspecified atom stereocenters. The number of carbonyl (C=O) groups excluding carboxylic acids is 4. The number of rotatable bonds is 14. The predicted molar refractivity (Wildman–Crippen MR) is 534 cm³/mol. The number of imidazole rings is 4. The molecule has 0 aliphatic carbocycles. The molecule has 4 fully saturated rings. The second-order valence-corrected chi connectivity index (χ2v) is 41.2. The van der Waals surface area contributed by atoms with Crippen molar-refractivity contribution in [2.24, 2.45) is 14.1 Å². The summed E-state index contributed by atoms with van der Waals surface area (Å²) < 4.78 is 153. The van der Waals surface area contributed by atoms with E-state index in [0.717, 1.165) is 116 Å². The smallest absolute Gasteiger partial charge is 0.265 e. The molecule has 8 aliphatic heterocycles. The number of alkyl halides is 4. The molecule has 24 rings (SSSR count). The minimum absolute atomic E-state index is 0.0410. The highest BCUT2D eigenvalue weighted by molar-refractivity contribution is 7.15. The van der Waals surface area contributed by atoms with Gasteiger partial charge in [-0.3, -0.25) is 38.5 Å². The number of aromatic nitrogens is 18. The molecule has 12 aromatic heterocycles. The molecule has 16 aromatic rings. The quantitative estimate of drug-likeness (QED) is 0.0913. The van der Waals surface area contributed by atoms with Crippen molar-refractivity contribution in [1.82, 2.24) is 107 Å². The van der Waals surface area contributed by atoms with Gasteiger partial charge in [-0.1, -0.05) is 12.1 Å². The van der Waals surface area contributed by atoms with Crippen LogP contribution < -0.4 is 0 Å². The molecular weight excluding hydrogens is 1930 g/mol. The zero-order valence-corrected chi connectivity index (χ0v) is 84.0. The van der Waals surface area contributed by atoms with Crippen LogP contribution in [0.25, 0.3) is 132 Å². The molecule has 0 spiro atoms. The van der Waals surface area contributed by atoms with Crippen LogP contribution in [0.3, 0.4) is 0 Å². The van der Waals surface area contributed by atoms with Gasteiger partial charge in [-0.05, 0) is 164 Å². The van der Waals surface area contributed by atoms with Crippen LogP contribution in [0.2, 0.25) is 0 Å². The Kier molecular flexibility index (Phi) is 26.8. The number of likely N-dealkylation sites (N-methyl/N-ethyl adjacent to an activating group) is 4. The molecule has 0 bridgehead atoms. The average molecular weight is 2030 g/mol. The number of fused-ring (bicyclic) bond motifs is 8. The number of carbonyl (C=O) groups is 4. The second-order valence-electron chi connectivity index (χ2n) is 38.7. The summed E-state index contributed by atoms with van der Waals surface area (Å²) in [6, 6.07) is 16.9. The van der Waals surface area contributed by atoms with Crippen LogP contribution in [0.4, 0.5) is 35.1 Å². The van der Waals surface area contributed by atoms with Crippen LogP contribution in [0, 0.1) is 37.1 Å². The fourth-order valence-corrected chi connectivity index (χ4v) is 23.4. The van der Waals surface area contributed by atoms with Gasteiger partial charge >= 0.3 is 0 Å². The number of halogens is 8. The Morgan fingerprint density at radius 2 is 0.623 bits per heavy atom. The molecule has 756 valence electrons. The Bertz CT molecular complexity index is 7380. The summed E-state index contributed by atoms with van der Waals surface area (Å²) in [6.07, 6.45) is 13.9. The zero-order chi connectivity index (χ0) is 102. The summed E-state index contributed by atoms with van der Waals surface area (Å²) in [4.78, 5) is 107. The zero-order valence-electron chi connectivity index (χ0n) is 82.4. The van der Waals surface area contributed by atoms with Crippen LogP contribution in [0.1, 0.15) is 207 Å². The van der Waals surface area contributed by atoms with Gasteiger partial charge in [0, 0.05) is 222 Å². The molecular formula is C106H106F8N22O8S2. The highest BCUT2D eigenvalue weighted by atomic mass is 32.1. The summed E-state index contributed by atoms with van der Waals surface area (Å²) in [5, 5.41) is 13.8. The van der Waals surface area contributed by atoms with Crippen molar-refractivity contribution in [2.45, 2.75) is 180 Å². The first-order valence-corrected chi connectivity index (χ1v) is 50.5. The monoisotopic (exact) mass is 2030 g/mol. The molecule has 30 nitrogen and oxygen atoms in total. The lowest BCUT2D eigenvalue weighted by atomic mass is 9.98. The lowest BCUT2D eigenvalue weighted by Gasteiger charge is -2.32. The number of benzene rings is 4. The van der Waals surface area contributed by atoms with E-state index >= 15 is 17.6 Å². The summed E-state index contributed by atoms with van der Waals surface area (Å²) in [5.41, 5.74) is 9.00. The molecule has 8 aliphatic rings. The summed E-state index contributed by atoms with van der Waals surface area (Å²) >= 11 is 3.16. The number of hydrogen-bond donors (Lipinski definition) is 0. The average Bonchev–Trinajstić information content (AvgIpc) is 1.53. The molecule has 4 atom stereocenters. The number of thiazole rings is 2. The first-order valence-electron chi connectivity index (χ1n) is 48.9. The number of pyridine rings is 4. The SMILES string of the molecule is C[C@@H]1C(=O)N(C)Cc2c(-c3c(F)ccc4nc(-c5cnn(C)c5)c(C(F)F)cc34)nc(C3CCOCC3)n21.C[C@H]1C(=O)N(C)Cc2c(-c3c(F)ccc4nc(-c5cnn(C)c5)c(C(F)F)cc34)nc(C3CCOCC3)n21.Cc1ncc(-c2cc3ccc(F)c(-c4nc(C5CCOCC5)n5c4CN(C)C(=O)[C@@H]5C)c3cn2)s1.Cc1ncc(-c2cc3ccc(F)c(-c4nc(C5CCOCC5)n5c4CN(C)C(=O)[C@H]5C)c3cn2)s1.